The Kier molecular flexibility index (Phi) is 7.13. The molecule has 0 saturated carbocycles. The fraction of sp³-hybridized carbons (Fsp3) is 0.240. The molecule has 6 heteroatoms. The van der Waals surface area contributed by atoms with Gasteiger partial charge in [-0.2, -0.15) is 0 Å². The van der Waals surface area contributed by atoms with Crippen LogP contribution in [0.25, 0.3) is 0 Å². The average Bonchev–Trinajstić information content (AvgIpc) is 2.72. The van der Waals surface area contributed by atoms with Crippen LogP contribution in [-0.2, 0) is 4.79 Å². The SMILES string of the molecule is Cc1cc(C)c(NC(=O)CNC(=O)c2cccnc2Sc2ccc(C)c(C)c2)c(C)c1. The van der Waals surface area contributed by atoms with E-state index in [2.05, 4.69) is 41.6 Å². The lowest BCUT2D eigenvalue weighted by Crippen LogP contribution is -2.33. The number of hydrogen-bond donors (Lipinski definition) is 2. The maximum absolute atomic E-state index is 12.8. The number of rotatable bonds is 6. The largest absolute Gasteiger partial charge is 0.343 e. The first-order valence-corrected chi connectivity index (χ1v) is 10.9. The summed E-state index contributed by atoms with van der Waals surface area (Å²) in [4.78, 5) is 30.6. The summed E-state index contributed by atoms with van der Waals surface area (Å²) in [5, 5.41) is 6.22. The molecule has 0 bridgehead atoms. The van der Waals surface area contributed by atoms with E-state index in [4.69, 9.17) is 0 Å². The molecule has 3 rings (SSSR count). The van der Waals surface area contributed by atoms with Crippen LogP contribution in [0, 0.1) is 34.6 Å². The Morgan fingerprint density at radius 3 is 2.29 bits per heavy atom. The number of aromatic nitrogens is 1. The second-order valence-corrected chi connectivity index (χ2v) is 8.77. The summed E-state index contributed by atoms with van der Waals surface area (Å²) in [6.07, 6.45) is 1.66. The van der Waals surface area contributed by atoms with Crippen LogP contribution >= 0.6 is 11.8 Å². The molecule has 0 radical (unpaired) electrons. The highest BCUT2D eigenvalue weighted by molar-refractivity contribution is 7.99. The summed E-state index contributed by atoms with van der Waals surface area (Å²) in [7, 11) is 0. The number of nitrogens with one attached hydrogen (secondary N) is 2. The van der Waals surface area contributed by atoms with Crippen molar-refractivity contribution in [2.24, 2.45) is 0 Å². The quantitative estimate of drug-likeness (QED) is 0.564. The van der Waals surface area contributed by atoms with Gasteiger partial charge in [-0.3, -0.25) is 9.59 Å². The molecule has 31 heavy (non-hydrogen) atoms. The fourth-order valence-corrected chi connectivity index (χ4v) is 4.33. The third-order valence-corrected chi connectivity index (χ3v) is 6.07. The lowest BCUT2D eigenvalue weighted by molar-refractivity contribution is -0.115. The molecule has 1 heterocycles. The van der Waals surface area contributed by atoms with Crippen molar-refractivity contribution < 1.29 is 9.59 Å². The molecule has 0 saturated heterocycles. The van der Waals surface area contributed by atoms with E-state index in [1.54, 1.807) is 18.3 Å². The maximum Gasteiger partial charge on any atom is 0.254 e. The Balaban J connectivity index is 1.67. The number of pyridine rings is 1. The van der Waals surface area contributed by atoms with E-state index in [-0.39, 0.29) is 18.4 Å². The summed E-state index contributed by atoms with van der Waals surface area (Å²) in [5.74, 6) is -0.595. The number of aryl methyl sites for hydroxylation is 5. The molecule has 0 atom stereocenters. The summed E-state index contributed by atoms with van der Waals surface area (Å²) in [6, 6.07) is 13.6. The van der Waals surface area contributed by atoms with Crippen molar-refractivity contribution in [1.29, 1.82) is 0 Å². The number of hydrogen-bond acceptors (Lipinski definition) is 4. The lowest BCUT2D eigenvalue weighted by Gasteiger charge is -2.14. The van der Waals surface area contributed by atoms with Crippen LogP contribution in [0.5, 0.6) is 0 Å². The number of carbonyl (C=O) groups excluding carboxylic acids is 2. The van der Waals surface area contributed by atoms with Gasteiger partial charge in [0, 0.05) is 16.8 Å². The van der Waals surface area contributed by atoms with Gasteiger partial charge < -0.3 is 10.6 Å². The summed E-state index contributed by atoms with van der Waals surface area (Å²) >= 11 is 1.44. The van der Waals surface area contributed by atoms with Crippen LogP contribution in [0.15, 0.2) is 58.6 Å². The van der Waals surface area contributed by atoms with Crippen molar-refractivity contribution in [2.75, 3.05) is 11.9 Å². The number of anilines is 1. The van der Waals surface area contributed by atoms with E-state index < -0.39 is 0 Å². The van der Waals surface area contributed by atoms with Gasteiger partial charge >= 0.3 is 0 Å². The molecule has 2 N–H and O–H groups in total. The zero-order valence-electron chi connectivity index (χ0n) is 18.5. The van der Waals surface area contributed by atoms with Crippen LogP contribution in [0.3, 0.4) is 0 Å². The van der Waals surface area contributed by atoms with E-state index in [0.29, 0.717) is 10.6 Å². The predicted molar refractivity (Wildman–Crippen MR) is 126 cm³/mol. The number of nitrogens with zero attached hydrogens (tertiary/aromatic N) is 1. The molecule has 160 valence electrons. The Bertz CT molecular complexity index is 1120. The van der Waals surface area contributed by atoms with Crippen molar-refractivity contribution in [3.63, 3.8) is 0 Å². The van der Waals surface area contributed by atoms with Gasteiger partial charge in [0.2, 0.25) is 5.91 Å². The van der Waals surface area contributed by atoms with Crippen molar-refractivity contribution in [1.82, 2.24) is 10.3 Å². The minimum absolute atomic E-state index is 0.117. The van der Waals surface area contributed by atoms with Crippen LogP contribution in [0.2, 0.25) is 0 Å². The van der Waals surface area contributed by atoms with Gasteiger partial charge in [-0.25, -0.2) is 4.98 Å². The van der Waals surface area contributed by atoms with Gasteiger partial charge in [0.1, 0.15) is 5.03 Å². The van der Waals surface area contributed by atoms with E-state index in [0.717, 1.165) is 27.3 Å². The topological polar surface area (TPSA) is 71.1 Å². The number of benzene rings is 2. The standard InChI is InChI=1S/C25H27N3O2S/c1-15-11-18(4)23(19(5)12-15)28-22(29)14-27-24(30)21-7-6-10-26-25(21)31-20-9-8-16(2)17(3)13-20/h6-13H,14H2,1-5H3,(H,27,30)(H,28,29). The van der Waals surface area contributed by atoms with E-state index >= 15 is 0 Å². The molecule has 2 aromatic carbocycles. The molecule has 0 aliphatic rings. The van der Waals surface area contributed by atoms with Crippen molar-refractivity contribution in [3.8, 4) is 0 Å². The van der Waals surface area contributed by atoms with Crippen molar-refractivity contribution >= 4 is 29.3 Å². The summed E-state index contributed by atoms with van der Waals surface area (Å²) in [6.45, 7) is 9.94. The Morgan fingerprint density at radius 1 is 0.903 bits per heavy atom. The van der Waals surface area contributed by atoms with Gasteiger partial charge in [-0.15, -0.1) is 0 Å². The van der Waals surface area contributed by atoms with Crippen LogP contribution in [-0.4, -0.2) is 23.3 Å². The molecule has 0 unspecified atom stereocenters. The lowest BCUT2D eigenvalue weighted by atomic mass is 10.1. The monoisotopic (exact) mass is 433 g/mol. The minimum atomic E-state index is -0.327. The second kappa shape index (κ2) is 9.79. The van der Waals surface area contributed by atoms with Gasteiger partial charge in [-0.1, -0.05) is 35.5 Å². The Morgan fingerprint density at radius 2 is 1.61 bits per heavy atom. The highest BCUT2D eigenvalue weighted by atomic mass is 32.2. The summed E-state index contributed by atoms with van der Waals surface area (Å²) in [5.41, 5.74) is 6.77. The number of amides is 2. The zero-order valence-corrected chi connectivity index (χ0v) is 19.3. The smallest absolute Gasteiger partial charge is 0.254 e. The van der Waals surface area contributed by atoms with Gasteiger partial charge in [-0.05, 0) is 81.1 Å². The highest BCUT2D eigenvalue weighted by Gasteiger charge is 2.15. The van der Waals surface area contributed by atoms with E-state index in [1.165, 1.54) is 22.9 Å². The minimum Gasteiger partial charge on any atom is -0.343 e. The van der Waals surface area contributed by atoms with Crippen LogP contribution in [0.4, 0.5) is 5.69 Å². The summed E-state index contributed by atoms with van der Waals surface area (Å²) < 4.78 is 0. The molecule has 0 spiro atoms. The second-order valence-electron chi connectivity index (χ2n) is 7.71. The zero-order chi connectivity index (χ0) is 22.5. The molecule has 0 aliphatic heterocycles. The number of carbonyl (C=O) groups is 2. The molecule has 2 amide bonds. The maximum atomic E-state index is 12.8. The van der Waals surface area contributed by atoms with E-state index in [9.17, 15) is 9.59 Å². The first-order chi connectivity index (χ1) is 14.7. The van der Waals surface area contributed by atoms with E-state index in [1.807, 2.05) is 39.0 Å². The molecule has 5 nitrogen and oxygen atoms in total. The normalized spacial score (nSPS) is 10.6. The third-order valence-electron chi connectivity index (χ3n) is 5.06. The highest BCUT2D eigenvalue weighted by Crippen LogP contribution is 2.30. The van der Waals surface area contributed by atoms with Crippen LogP contribution in [0.1, 0.15) is 38.2 Å². The third kappa shape index (κ3) is 5.73. The van der Waals surface area contributed by atoms with Crippen LogP contribution < -0.4 is 10.6 Å². The van der Waals surface area contributed by atoms with Gasteiger partial charge in [0.05, 0.1) is 12.1 Å². The fourth-order valence-electron chi connectivity index (χ4n) is 3.35. The predicted octanol–water partition coefficient (Wildman–Crippen LogP) is 5.14. The Hall–Kier alpha value is -3.12. The molecule has 0 fully saturated rings. The molecule has 0 aliphatic carbocycles. The first kappa shape index (κ1) is 22.6. The van der Waals surface area contributed by atoms with Crippen molar-refractivity contribution in [2.45, 2.75) is 44.5 Å². The van der Waals surface area contributed by atoms with Gasteiger partial charge in [0.15, 0.2) is 0 Å². The molecule has 3 aromatic rings. The Labute approximate surface area is 187 Å². The van der Waals surface area contributed by atoms with Crippen molar-refractivity contribution in [3.05, 3.63) is 82.0 Å². The van der Waals surface area contributed by atoms with Gasteiger partial charge in [0.25, 0.3) is 5.91 Å². The average molecular weight is 434 g/mol. The molecular weight excluding hydrogens is 406 g/mol. The molecular formula is C25H27N3O2S. The first-order valence-electron chi connectivity index (χ1n) is 10.1. The molecule has 1 aromatic heterocycles.